The third kappa shape index (κ3) is 4.24. The van der Waals surface area contributed by atoms with Crippen LogP contribution in [0, 0.1) is 34.5 Å². The van der Waals surface area contributed by atoms with Gasteiger partial charge in [-0.2, -0.15) is 0 Å². The van der Waals surface area contributed by atoms with Crippen molar-refractivity contribution in [2.45, 2.75) is 109 Å². The van der Waals surface area contributed by atoms with Crippen LogP contribution in [0.5, 0.6) is 0 Å². The number of aromatic nitrogens is 1. The highest BCUT2D eigenvalue weighted by atomic mass is 16.5. The van der Waals surface area contributed by atoms with Crippen molar-refractivity contribution >= 4 is 11.8 Å². The van der Waals surface area contributed by atoms with Gasteiger partial charge >= 0.3 is 0 Å². The van der Waals surface area contributed by atoms with Gasteiger partial charge in [0, 0.05) is 19.0 Å². The standard InChI is InChI=1S/C35H46N2O5/c1-33-16-14-25(38)20-23(33)10-12-30-29(33)15-17-34(2)22(13-18-35(30,34)41)9-11-24-21-26(42-36-24)6-5-19-37-31(39)27-7-3-4-8-28(27)32(37)40/h3-4,7-8,21-23,25,29-30,38,41H,5-6,9-20H2,1-2H3/t22-,23+,25-,29?,30?,33-,34+,35-/m0/s1. The first-order valence-electron chi connectivity index (χ1n) is 16.4. The average molecular weight is 575 g/mol. The number of carbonyl (C=O) groups excluding carboxylic acids is 2. The van der Waals surface area contributed by atoms with Crippen LogP contribution in [0.1, 0.15) is 117 Å². The normalized spacial score (nSPS) is 39.1. The number of hydrogen-bond acceptors (Lipinski definition) is 6. The highest BCUT2D eigenvalue weighted by Gasteiger charge is 2.66. The Bertz CT molecular complexity index is 1340. The van der Waals surface area contributed by atoms with Gasteiger partial charge in [0.25, 0.3) is 11.8 Å². The van der Waals surface area contributed by atoms with E-state index in [9.17, 15) is 19.8 Å². The molecule has 0 bridgehead atoms. The van der Waals surface area contributed by atoms with Crippen molar-refractivity contribution in [2.24, 2.45) is 34.5 Å². The van der Waals surface area contributed by atoms with E-state index < -0.39 is 5.60 Å². The minimum absolute atomic E-state index is 0.0650. The van der Waals surface area contributed by atoms with E-state index in [0.29, 0.717) is 54.2 Å². The number of carbonyl (C=O) groups is 2. The van der Waals surface area contributed by atoms with Gasteiger partial charge in [0.1, 0.15) is 5.76 Å². The number of amides is 2. The number of nitrogens with zero attached hydrogens (tertiary/aromatic N) is 2. The number of aliphatic hydroxyl groups is 2. The van der Waals surface area contributed by atoms with Crippen LogP contribution >= 0.6 is 0 Å². The molecule has 8 atom stereocenters. The number of benzene rings is 1. The molecule has 5 aliphatic rings. The quantitative estimate of drug-likeness (QED) is 0.395. The zero-order valence-corrected chi connectivity index (χ0v) is 25.2. The van der Waals surface area contributed by atoms with Crippen LogP contribution in [0.2, 0.25) is 0 Å². The van der Waals surface area contributed by atoms with E-state index in [2.05, 4.69) is 19.0 Å². The maximum Gasteiger partial charge on any atom is 0.261 e. The van der Waals surface area contributed by atoms with Gasteiger partial charge in [-0.05, 0) is 124 Å². The van der Waals surface area contributed by atoms with Crippen molar-refractivity contribution in [3.8, 4) is 0 Å². The molecule has 2 unspecified atom stereocenters. The van der Waals surface area contributed by atoms with Crippen LogP contribution in [0.15, 0.2) is 34.9 Å². The zero-order valence-electron chi connectivity index (χ0n) is 25.2. The highest BCUT2D eigenvalue weighted by Crippen LogP contribution is 2.69. The summed E-state index contributed by atoms with van der Waals surface area (Å²) in [7, 11) is 0. The Hall–Kier alpha value is -2.51. The Morgan fingerprint density at radius 1 is 0.952 bits per heavy atom. The van der Waals surface area contributed by atoms with Crippen molar-refractivity contribution in [1.82, 2.24) is 10.1 Å². The molecule has 7 nitrogen and oxygen atoms in total. The summed E-state index contributed by atoms with van der Waals surface area (Å²) in [4.78, 5) is 26.6. The summed E-state index contributed by atoms with van der Waals surface area (Å²) in [6, 6.07) is 9.03. The van der Waals surface area contributed by atoms with Gasteiger partial charge in [0.15, 0.2) is 0 Å². The Morgan fingerprint density at radius 2 is 1.71 bits per heavy atom. The number of aliphatic hydroxyl groups excluding tert-OH is 1. The fraction of sp³-hybridized carbons (Fsp3) is 0.686. The molecule has 4 fully saturated rings. The van der Waals surface area contributed by atoms with Crippen LogP contribution in [0.4, 0.5) is 0 Å². The molecular formula is C35H46N2O5. The summed E-state index contributed by atoms with van der Waals surface area (Å²) in [5.74, 6) is 2.37. The van der Waals surface area contributed by atoms with Crippen LogP contribution in [0.25, 0.3) is 0 Å². The zero-order chi connectivity index (χ0) is 29.3. The Labute approximate surface area is 249 Å². The molecule has 7 heteroatoms. The molecule has 7 rings (SSSR count). The predicted octanol–water partition coefficient (Wildman–Crippen LogP) is 5.97. The molecule has 1 aromatic heterocycles. The van der Waals surface area contributed by atoms with Crippen LogP contribution in [0.3, 0.4) is 0 Å². The van der Waals surface area contributed by atoms with Gasteiger partial charge in [-0.3, -0.25) is 14.5 Å². The van der Waals surface area contributed by atoms with E-state index in [-0.39, 0.29) is 28.7 Å². The highest BCUT2D eigenvalue weighted by molar-refractivity contribution is 6.21. The third-order valence-corrected chi connectivity index (χ3v) is 13.1. The molecule has 4 saturated carbocycles. The summed E-state index contributed by atoms with van der Waals surface area (Å²) in [6.07, 6.45) is 12.4. The first-order valence-corrected chi connectivity index (χ1v) is 16.4. The molecule has 42 heavy (non-hydrogen) atoms. The van der Waals surface area contributed by atoms with Gasteiger partial charge in [0.2, 0.25) is 0 Å². The number of aryl methyl sites for hydroxylation is 2. The lowest BCUT2D eigenvalue weighted by molar-refractivity contribution is -0.210. The minimum Gasteiger partial charge on any atom is -0.393 e. The van der Waals surface area contributed by atoms with E-state index in [1.54, 1.807) is 24.3 Å². The largest absolute Gasteiger partial charge is 0.393 e. The smallest absolute Gasteiger partial charge is 0.261 e. The Balaban J connectivity index is 0.947. The Kier molecular flexibility index (Phi) is 6.93. The van der Waals surface area contributed by atoms with Crippen molar-refractivity contribution < 1.29 is 24.3 Å². The molecule has 1 aromatic carbocycles. The maximum atomic E-state index is 12.6. The fourth-order valence-electron chi connectivity index (χ4n) is 10.5. The molecule has 2 aromatic rings. The van der Waals surface area contributed by atoms with Crippen LogP contribution in [-0.2, 0) is 12.8 Å². The van der Waals surface area contributed by atoms with Crippen molar-refractivity contribution in [3.63, 3.8) is 0 Å². The first kappa shape index (κ1) is 28.3. The summed E-state index contributed by atoms with van der Waals surface area (Å²) in [5.41, 5.74) is 1.52. The number of fused-ring (bicyclic) bond motifs is 6. The van der Waals surface area contributed by atoms with E-state index in [4.69, 9.17) is 4.52 Å². The molecule has 2 heterocycles. The molecule has 0 saturated heterocycles. The number of imide groups is 1. The first-order chi connectivity index (χ1) is 20.1. The molecule has 0 spiro atoms. The summed E-state index contributed by atoms with van der Waals surface area (Å²) >= 11 is 0. The lowest BCUT2D eigenvalue weighted by Gasteiger charge is -2.63. The van der Waals surface area contributed by atoms with Crippen LogP contribution in [-0.4, -0.2) is 50.3 Å². The van der Waals surface area contributed by atoms with E-state index in [1.165, 1.54) is 11.3 Å². The third-order valence-electron chi connectivity index (χ3n) is 13.1. The second-order valence-electron chi connectivity index (χ2n) is 14.8. The van der Waals surface area contributed by atoms with Crippen molar-refractivity contribution in [3.05, 3.63) is 52.9 Å². The lowest BCUT2D eigenvalue weighted by Crippen LogP contribution is -2.62. The van der Waals surface area contributed by atoms with Gasteiger partial charge in [0.05, 0.1) is 28.5 Å². The van der Waals surface area contributed by atoms with Gasteiger partial charge < -0.3 is 14.7 Å². The summed E-state index contributed by atoms with van der Waals surface area (Å²) in [5, 5.41) is 27.1. The van der Waals surface area contributed by atoms with Gasteiger partial charge in [-0.1, -0.05) is 31.1 Å². The fourth-order valence-corrected chi connectivity index (χ4v) is 10.5. The summed E-state index contributed by atoms with van der Waals surface area (Å²) < 4.78 is 5.65. The van der Waals surface area contributed by atoms with Gasteiger partial charge in [-0.25, -0.2) is 0 Å². The molecule has 226 valence electrons. The molecule has 4 aliphatic carbocycles. The van der Waals surface area contributed by atoms with Gasteiger partial charge in [-0.15, -0.1) is 0 Å². The molecule has 0 radical (unpaired) electrons. The topological polar surface area (TPSA) is 104 Å². The molecular weight excluding hydrogens is 528 g/mol. The second kappa shape index (κ2) is 10.3. The van der Waals surface area contributed by atoms with Crippen molar-refractivity contribution in [1.29, 1.82) is 0 Å². The number of hydrogen-bond donors (Lipinski definition) is 2. The second-order valence-corrected chi connectivity index (χ2v) is 14.8. The predicted molar refractivity (Wildman–Crippen MR) is 158 cm³/mol. The van der Waals surface area contributed by atoms with E-state index >= 15 is 0 Å². The van der Waals surface area contributed by atoms with E-state index in [0.717, 1.165) is 75.7 Å². The number of rotatable bonds is 7. The SMILES string of the molecule is C[C@]12CC[C@H](O)C[C@H]1CCC1C2CC[C@]2(C)[C@@H](CCc3cc(CCCN4C(=O)c5ccccc5C4=O)on3)CC[C@]12O. The van der Waals surface area contributed by atoms with Crippen LogP contribution < -0.4 is 0 Å². The molecule has 2 N–H and O–H groups in total. The summed E-state index contributed by atoms with van der Waals surface area (Å²) in [6.45, 7) is 5.21. The monoisotopic (exact) mass is 574 g/mol. The average Bonchev–Trinajstić information content (AvgIpc) is 3.61. The van der Waals surface area contributed by atoms with Crippen molar-refractivity contribution in [2.75, 3.05) is 6.54 Å². The maximum absolute atomic E-state index is 12.6. The molecule has 1 aliphatic heterocycles. The molecule has 2 amide bonds. The Morgan fingerprint density at radius 3 is 2.48 bits per heavy atom. The lowest BCUT2D eigenvalue weighted by atomic mass is 9.43. The van der Waals surface area contributed by atoms with E-state index in [1.807, 2.05) is 6.07 Å². The minimum atomic E-state index is -0.594.